The number of aryl methyl sites for hydroxylation is 1. The van der Waals surface area contributed by atoms with Crippen LogP contribution >= 0.6 is 0 Å². The summed E-state index contributed by atoms with van der Waals surface area (Å²) in [4.78, 5) is 2.13. The Morgan fingerprint density at radius 3 is 2.25 bits per heavy atom. The Hall–Kier alpha value is -1.80. The van der Waals surface area contributed by atoms with Gasteiger partial charge in [-0.1, -0.05) is 44.2 Å². The van der Waals surface area contributed by atoms with E-state index in [4.69, 9.17) is 0 Å². The fourth-order valence-corrected chi connectivity index (χ4v) is 2.39. The molecule has 2 aromatic rings. The number of benzene rings is 2. The highest BCUT2D eigenvalue weighted by atomic mass is 16.3. The minimum Gasteiger partial charge on any atom is -0.388 e. The van der Waals surface area contributed by atoms with Crippen LogP contribution in [0.4, 0.5) is 11.4 Å². The number of anilines is 2. The molecule has 2 rings (SSSR count). The lowest BCUT2D eigenvalue weighted by Gasteiger charge is -2.24. The van der Waals surface area contributed by atoms with Gasteiger partial charge in [0.15, 0.2) is 0 Å². The molecule has 0 bridgehead atoms. The maximum absolute atomic E-state index is 10.2. The van der Waals surface area contributed by atoms with Crippen molar-refractivity contribution in [3.63, 3.8) is 0 Å². The second-order valence-corrected chi connectivity index (χ2v) is 5.06. The van der Waals surface area contributed by atoms with Gasteiger partial charge >= 0.3 is 0 Å². The molecule has 2 aromatic carbocycles. The molecule has 0 aliphatic carbocycles. The topological polar surface area (TPSA) is 23.5 Å². The summed E-state index contributed by atoms with van der Waals surface area (Å²) in [6, 6.07) is 16.6. The number of aliphatic hydroxyl groups is 1. The van der Waals surface area contributed by atoms with Crippen molar-refractivity contribution >= 4 is 11.4 Å². The van der Waals surface area contributed by atoms with Crippen molar-refractivity contribution in [3.8, 4) is 0 Å². The quantitative estimate of drug-likeness (QED) is 0.866. The van der Waals surface area contributed by atoms with Crippen molar-refractivity contribution in [1.82, 2.24) is 0 Å². The van der Waals surface area contributed by atoms with Crippen LogP contribution in [0.5, 0.6) is 0 Å². The molecule has 0 fully saturated rings. The van der Waals surface area contributed by atoms with Crippen LogP contribution in [0.25, 0.3) is 0 Å². The number of rotatable bonds is 5. The largest absolute Gasteiger partial charge is 0.388 e. The summed E-state index contributed by atoms with van der Waals surface area (Å²) < 4.78 is 0. The first-order valence-electron chi connectivity index (χ1n) is 7.27. The van der Waals surface area contributed by atoms with E-state index in [0.29, 0.717) is 0 Å². The standard InChI is InChI=1S/C18H23NO/c1-4-14-10-12-15(13-11-14)19(3)17-9-7-6-8-16(17)18(20)5-2/h6-13,18,20H,4-5H2,1-3H3/t18-/m1/s1. The molecule has 2 nitrogen and oxygen atoms in total. The van der Waals surface area contributed by atoms with E-state index in [-0.39, 0.29) is 0 Å². The van der Waals surface area contributed by atoms with Crippen LogP contribution in [0.3, 0.4) is 0 Å². The van der Waals surface area contributed by atoms with Crippen LogP contribution in [-0.4, -0.2) is 12.2 Å². The van der Waals surface area contributed by atoms with Crippen LogP contribution in [0, 0.1) is 0 Å². The summed E-state index contributed by atoms with van der Waals surface area (Å²) in [5.41, 5.74) is 4.52. The highest BCUT2D eigenvalue weighted by molar-refractivity contribution is 5.66. The highest BCUT2D eigenvalue weighted by Gasteiger charge is 2.14. The molecule has 0 saturated heterocycles. The molecule has 0 aromatic heterocycles. The van der Waals surface area contributed by atoms with Crippen LogP contribution in [0.15, 0.2) is 48.5 Å². The minimum absolute atomic E-state index is 0.413. The van der Waals surface area contributed by atoms with E-state index in [1.165, 1.54) is 5.56 Å². The molecule has 0 radical (unpaired) electrons. The van der Waals surface area contributed by atoms with Gasteiger partial charge < -0.3 is 10.0 Å². The Morgan fingerprint density at radius 2 is 1.65 bits per heavy atom. The molecule has 1 atom stereocenters. The Kier molecular flexibility index (Phi) is 4.80. The molecule has 0 aliphatic heterocycles. The van der Waals surface area contributed by atoms with Gasteiger partial charge in [0.05, 0.1) is 6.10 Å². The maximum Gasteiger partial charge on any atom is 0.0807 e. The molecular weight excluding hydrogens is 246 g/mol. The summed E-state index contributed by atoms with van der Waals surface area (Å²) in [6.07, 6.45) is 1.36. The zero-order chi connectivity index (χ0) is 14.5. The smallest absolute Gasteiger partial charge is 0.0807 e. The summed E-state index contributed by atoms with van der Waals surface area (Å²) in [7, 11) is 2.04. The molecule has 0 saturated carbocycles. The maximum atomic E-state index is 10.2. The van der Waals surface area contributed by atoms with Gasteiger partial charge in [0.1, 0.15) is 0 Å². The second kappa shape index (κ2) is 6.58. The van der Waals surface area contributed by atoms with Crippen LogP contribution in [0.1, 0.15) is 37.5 Å². The molecule has 106 valence electrons. The Balaban J connectivity index is 2.34. The molecular formula is C18H23NO. The van der Waals surface area contributed by atoms with Crippen molar-refractivity contribution in [3.05, 3.63) is 59.7 Å². The number of para-hydroxylation sites is 1. The zero-order valence-corrected chi connectivity index (χ0v) is 12.5. The van der Waals surface area contributed by atoms with E-state index >= 15 is 0 Å². The van der Waals surface area contributed by atoms with Gasteiger partial charge in [0.25, 0.3) is 0 Å². The molecule has 0 unspecified atom stereocenters. The van der Waals surface area contributed by atoms with Crippen molar-refractivity contribution in [2.45, 2.75) is 32.8 Å². The SMILES string of the molecule is CCc1ccc(N(C)c2ccccc2[C@H](O)CC)cc1. The van der Waals surface area contributed by atoms with Gasteiger partial charge in [0.2, 0.25) is 0 Å². The highest BCUT2D eigenvalue weighted by Crippen LogP contribution is 2.31. The van der Waals surface area contributed by atoms with Gasteiger partial charge in [-0.2, -0.15) is 0 Å². The van der Waals surface area contributed by atoms with Crippen molar-refractivity contribution in [1.29, 1.82) is 0 Å². The normalized spacial score (nSPS) is 12.2. The van der Waals surface area contributed by atoms with Gasteiger partial charge in [-0.25, -0.2) is 0 Å². The van der Waals surface area contributed by atoms with Crippen molar-refractivity contribution in [2.75, 3.05) is 11.9 Å². The third-order valence-electron chi connectivity index (χ3n) is 3.78. The van der Waals surface area contributed by atoms with E-state index in [1.54, 1.807) is 0 Å². The zero-order valence-electron chi connectivity index (χ0n) is 12.5. The number of hydrogen-bond donors (Lipinski definition) is 1. The van der Waals surface area contributed by atoms with Gasteiger partial charge in [0, 0.05) is 24.0 Å². The predicted molar refractivity (Wildman–Crippen MR) is 85.6 cm³/mol. The Morgan fingerprint density at radius 1 is 1.00 bits per heavy atom. The molecule has 0 amide bonds. The van der Waals surface area contributed by atoms with E-state index < -0.39 is 6.10 Å². The first kappa shape index (κ1) is 14.6. The molecule has 2 heteroatoms. The molecule has 0 heterocycles. The lowest BCUT2D eigenvalue weighted by Crippen LogP contribution is -2.13. The number of hydrogen-bond acceptors (Lipinski definition) is 2. The average Bonchev–Trinajstić information content (AvgIpc) is 2.53. The van der Waals surface area contributed by atoms with E-state index in [0.717, 1.165) is 29.8 Å². The van der Waals surface area contributed by atoms with E-state index in [2.05, 4.69) is 42.2 Å². The minimum atomic E-state index is -0.413. The molecule has 1 N–H and O–H groups in total. The first-order chi connectivity index (χ1) is 9.67. The fourth-order valence-electron chi connectivity index (χ4n) is 2.39. The average molecular weight is 269 g/mol. The van der Waals surface area contributed by atoms with Gasteiger partial charge in [-0.15, -0.1) is 0 Å². The summed E-state index contributed by atoms with van der Waals surface area (Å²) in [6.45, 7) is 4.16. The summed E-state index contributed by atoms with van der Waals surface area (Å²) in [5.74, 6) is 0. The third kappa shape index (κ3) is 3.02. The predicted octanol–water partition coefficient (Wildman–Crippen LogP) is 4.46. The van der Waals surface area contributed by atoms with Gasteiger partial charge in [-0.05, 0) is 36.6 Å². The molecule has 20 heavy (non-hydrogen) atoms. The second-order valence-electron chi connectivity index (χ2n) is 5.06. The fraction of sp³-hybridized carbons (Fsp3) is 0.333. The lowest BCUT2D eigenvalue weighted by atomic mass is 10.0. The van der Waals surface area contributed by atoms with Crippen LogP contribution in [-0.2, 0) is 6.42 Å². The Bertz CT molecular complexity index is 548. The monoisotopic (exact) mass is 269 g/mol. The number of aliphatic hydroxyl groups excluding tert-OH is 1. The van der Waals surface area contributed by atoms with Crippen LogP contribution in [0.2, 0.25) is 0 Å². The van der Waals surface area contributed by atoms with Crippen molar-refractivity contribution in [2.24, 2.45) is 0 Å². The van der Waals surface area contributed by atoms with Gasteiger partial charge in [-0.3, -0.25) is 0 Å². The van der Waals surface area contributed by atoms with E-state index in [1.807, 2.05) is 32.2 Å². The molecule has 0 spiro atoms. The first-order valence-corrected chi connectivity index (χ1v) is 7.27. The third-order valence-corrected chi connectivity index (χ3v) is 3.78. The Labute approximate surface area is 121 Å². The number of nitrogens with zero attached hydrogens (tertiary/aromatic N) is 1. The van der Waals surface area contributed by atoms with Crippen LogP contribution < -0.4 is 4.90 Å². The van der Waals surface area contributed by atoms with E-state index in [9.17, 15) is 5.11 Å². The van der Waals surface area contributed by atoms with Crippen molar-refractivity contribution < 1.29 is 5.11 Å². The molecule has 0 aliphatic rings. The summed E-state index contributed by atoms with van der Waals surface area (Å²) >= 11 is 0. The summed E-state index contributed by atoms with van der Waals surface area (Å²) in [5, 5.41) is 10.2. The lowest BCUT2D eigenvalue weighted by molar-refractivity contribution is 0.174.